The Bertz CT molecular complexity index is 409. The number of benzene rings is 1. The number of nitrogens with two attached hydrogens (primary N) is 1. The highest BCUT2D eigenvalue weighted by Crippen LogP contribution is 2.17. The molecule has 6 heteroatoms. The summed E-state index contributed by atoms with van der Waals surface area (Å²) in [5.41, 5.74) is 5.34. The molecule has 0 saturated carbocycles. The van der Waals surface area contributed by atoms with Crippen molar-refractivity contribution in [2.24, 2.45) is 10.9 Å². The van der Waals surface area contributed by atoms with Crippen molar-refractivity contribution < 1.29 is 10.0 Å². The van der Waals surface area contributed by atoms with Crippen LogP contribution in [0.5, 0.6) is 0 Å². The molecule has 1 rings (SSSR count). The third-order valence-electron chi connectivity index (χ3n) is 2.36. The van der Waals surface area contributed by atoms with E-state index in [0.29, 0.717) is 18.7 Å². The zero-order valence-corrected chi connectivity index (χ0v) is 11.1. The lowest BCUT2D eigenvalue weighted by Gasteiger charge is -2.16. The van der Waals surface area contributed by atoms with Crippen LogP contribution >= 0.6 is 11.8 Å². The summed E-state index contributed by atoms with van der Waals surface area (Å²) in [4.78, 5) is 14.4. The maximum atomic E-state index is 11.8. The number of thioether (sulfide) groups is 1. The molecule has 0 aliphatic rings. The standard InChI is InChI=1S/C12H17N3O2S/c1-15(8-7-11(13)14-17)12(16)9-18-10-5-3-2-4-6-10/h2-6,17H,7-9H2,1H3,(H2,13,14). The summed E-state index contributed by atoms with van der Waals surface area (Å²) >= 11 is 1.49. The number of amides is 1. The fourth-order valence-corrected chi connectivity index (χ4v) is 2.09. The summed E-state index contributed by atoms with van der Waals surface area (Å²) in [5.74, 6) is 0.538. The maximum absolute atomic E-state index is 11.8. The van der Waals surface area contributed by atoms with Crippen molar-refractivity contribution >= 4 is 23.5 Å². The number of hydrogen-bond acceptors (Lipinski definition) is 4. The van der Waals surface area contributed by atoms with Crippen LogP contribution in [-0.4, -0.2) is 41.2 Å². The Morgan fingerprint density at radius 1 is 1.44 bits per heavy atom. The lowest BCUT2D eigenvalue weighted by Crippen LogP contribution is -2.31. The van der Waals surface area contributed by atoms with E-state index in [9.17, 15) is 4.79 Å². The topological polar surface area (TPSA) is 78.9 Å². The number of oxime groups is 1. The third kappa shape index (κ3) is 5.09. The van der Waals surface area contributed by atoms with Crippen molar-refractivity contribution in [2.45, 2.75) is 11.3 Å². The van der Waals surface area contributed by atoms with Gasteiger partial charge in [0.15, 0.2) is 0 Å². The van der Waals surface area contributed by atoms with Crippen LogP contribution in [0.15, 0.2) is 40.4 Å². The Kier molecular flexibility index (Phi) is 6.07. The molecule has 0 spiro atoms. The Morgan fingerprint density at radius 3 is 2.72 bits per heavy atom. The second kappa shape index (κ2) is 7.60. The molecule has 0 aliphatic carbocycles. The minimum atomic E-state index is 0.0228. The molecule has 0 atom stereocenters. The Labute approximate surface area is 111 Å². The molecule has 0 unspecified atom stereocenters. The van der Waals surface area contributed by atoms with Crippen LogP contribution in [0.2, 0.25) is 0 Å². The summed E-state index contributed by atoms with van der Waals surface area (Å²) in [7, 11) is 1.71. The van der Waals surface area contributed by atoms with E-state index in [1.807, 2.05) is 30.3 Å². The van der Waals surface area contributed by atoms with Gasteiger partial charge in [0.05, 0.1) is 5.75 Å². The van der Waals surface area contributed by atoms with Gasteiger partial charge in [-0.05, 0) is 12.1 Å². The predicted molar refractivity (Wildman–Crippen MR) is 72.8 cm³/mol. The lowest BCUT2D eigenvalue weighted by atomic mass is 10.3. The van der Waals surface area contributed by atoms with Crippen LogP contribution < -0.4 is 5.73 Å². The monoisotopic (exact) mass is 267 g/mol. The Morgan fingerprint density at radius 2 is 2.11 bits per heavy atom. The van der Waals surface area contributed by atoms with E-state index in [1.165, 1.54) is 11.8 Å². The zero-order chi connectivity index (χ0) is 13.4. The van der Waals surface area contributed by atoms with Crippen LogP contribution in [0.25, 0.3) is 0 Å². The van der Waals surface area contributed by atoms with Crippen LogP contribution in [0.1, 0.15) is 6.42 Å². The number of amidine groups is 1. The van der Waals surface area contributed by atoms with Gasteiger partial charge in [-0.1, -0.05) is 23.4 Å². The highest BCUT2D eigenvalue weighted by molar-refractivity contribution is 8.00. The summed E-state index contributed by atoms with van der Waals surface area (Å²) in [5, 5.41) is 11.3. The van der Waals surface area contributed by atoms with E-state index in [1.54, 1.807) is 11.9 Å². The zero-order valence-electron chi connectivity index (χ0n) is 10.2. The summed E-state index contributed by atoms with van der Waals surface area (Å²) in [6, 6.07) is 9.75. The van der Waals surface area contributed by atoms with Crippen molar-refractivity contribution in [1.82, 2.24) is 4.90 Å². The number of carbonyl (C=O) groups excluding carboxylic acids is 1. The molecule has 18 heavy (non-hydrogen) atoms. The molecule has 3 N–H and O–H groups in total. The molecule has 0 aliphatic heterocycles. The van der Waals surface area contributed by atoms with Gasteiger partial charge < -0.3 is 15.8 Å². The number of hydrogen-bond donors (Lipinski definition) is 2. The van der Waals surface area contributed by atoms with E-state index in [4.69, 9.17) is 10.9 Å². The molecule has 0 aromatic heterocycles. The SMILES string of the molecule is CN(CCC(N)=NO)C(=O)CSc1ccccc1. The minimum absolute atomic E-state index is 0.0228. The third-order valence-corrected chi connectivity index (χ3v) is 3.36. The summed E-state index contributed by atoms with van der Waals surface area (Å²) in [6.07, 6.45) is 0.370. The van der Waals surface area contributed by atoms with Crippen LogP contribution in [0.4, 0.5) is 0 Å². The first-order valence-corrected chi connectivity index (χ1v) is 6.50. The fourth-order valence-electron chi connectivity index (χ4n) is 1.23. The molecule has 0 radical (unpaired) electrons. The average Bonchev–Trinajstić information content (AvgIpc) is 2.42. The fraction of sp³-hybridized carbons (Fsp3) is 0.333. The van der Waals surface area contributed by atoms with E-state index < -0.39 is 0 Å². The van der Waals surface area contributed by atoms with Crippen LogP contribution in [0.3, 0.4) is 0 Å². The van der Waals surface area contributed by atoms with E-state index >= 15 is 0 Å². The largest absolute Gasteiger partial charge is 0.409 e. The smallest absolute Gasteiger partial charge is 0.232 e. The Balaban J connectivity index is 2.32. The van der Waals surface area contributed by atoms with E-state index in [0.717, 1.165) is 4.90 Å². The van der Waals surface area contributed by atoms with Crippen molar-refractivity contribution in [3.05, 3.63) is 30.3 Å². The summed E-state index contributed by atoms with van der Waals surface area (Å²) < 4.78 is 0. The van der Waals surface area contributed by atoms with Gasteiger partial charge in [-0.2, -0.15) is 0 Å². The molecule has 0 fully saturated rings. The van der Waals surface area contributed by atoms with E-state index in [-0.39, 0.29) is 11.7 Å². The van der Waals surface area contributed by atoms with Gasteiger partial charge in [-0.15, -0.1) is 11.8 Å². The molecule has 0 heterocycles. The van der Waals surface area contributed by atoms with Gasteiger partial charge in [-0.25, -0.2) is 0 Å². The van der Waals surface area contributed by atoms with Crippen LogP contribution in [0, 0.1) is 0 Å². The molecule has 1 aromatic rings. The molecule has 0 bridgehead atoms. The van der Waals surface area contributed by atoms with Crippen molar-refractivity contribution in [3.8, 4) is 0 Å². The quantitative estimate of drug-likeness (QED) is 0.268. The molecule has 98 valence electrons. The first-order valence-electron chi connectivity index (χ1n) is 5.51. The Hall–Kier alpha value is -1.69. The number of rotatable bonds is 6. The van der Waals surface area contributed by atoms with Gasteiger partial charge in [0, 0.05) is 24.9 Å². The molecular weight excluding hydrogens is 250 g/mol. The van der Waals surface area contributed by atoms with Crippen molar-refractivity contribution in [1.29, 1.82) is 0 Å². The second-order valence-electron chi connectivity index (χ2n) is 3.76. The molecule has 1 amide bonds. The molecule has 0 saturated heterocycles. The predicted octanol–water partition coefficient (Wildman–Crippen LogP) is 1.37. The summed E-state index contributed by atoms with van der Waals surface area (Å²) in [6.45, 7) is 0.448. The molecular formula is C12H17N3O2S. The highest BCUT2D eigenvalue weighted by Gasteiger charge is 2.09. The maximum Gasteiger partial charge on any atom is 0.232 e. The highest BCUT2D eigenvalue weighted by atomic mass is 32.2. The number of nitrogens with zero attached hydrogens (tertiary/aromatic N) is 2. The van der Waals surface area contributed by atoms with Gasteiger partial charge >= 0.3 is 0 Å². The van der Waals surface area contributed by atoms with Gasteiger partial charge in [-0.3, -0.25) is 4.79 Å². The van der Waals surface area contributed by atoms with Gasteiger partial charge in [0.2, 0.25) is 5.91 Å². The van der Waals surface area contributed by atoms with Gasteiger partial charge in [0.1, 0.15) is 5.84 Å². The molecule has 1 aromatic carbocycles. The second-order valence-corrected chi connectivity index (χ2v) is 4.81. The first kappa shape index (κ1) is 14.4. The van der Waals surface area contributed by atoms with Gasteiger partial charge in [0.25, 0.3) is 0 Å². The number of carbonyl (C=O) groups is 1. The normalized spacial score (nSPS) is 11.3. The van der Waals surface area contributed by atoms with E-state index in [2.05, 4.69) is 5.16 Å². The van der Waals surface area contributed by atoms with Crippen molar-refractivity contribution in [2.75, 3.05) is 19.3 Å². The van der Waals surface area contributed by atoms with Crippen molar-refractivity contribution in [3.63, 3.8) is 0 Å². The average molecular weight is 267 g/mol. The molecule has 5 nitrogen and oxygen atoms in total. The first-order chi connectivity index (χ1) is 8.63. The van der Waals surface area contributed by atoms with Crippen LogP contribution in [-0.2, 0) is 4.79 Å². The minimum Gasteiger partial charge on any atom is -0.409 e. The lowest BCUT2D eigenvalue weighted by molar-refractivity contribution is -0.126.